The number of fused-ring (bicyclic) bond motifs is 1. The predicted octanol–water partition coefficient (Wildman–Crippen LogP) is 4.96. The number of para-hydroxylation sites is 1. The molecule has 5 nitrogen and oxygen atoms in total. The van der Waals surface area contributed by atoms with E-state index in [0.717, 1.165) is 35.9 Å². The lowest BCUT2D eigenvalue weighted by Gasteiger charge is -2.12. The van der Waals surface area contributed by atoms with Crippen LogP contribution in [0.15, 0.2) is 48.5 Å². The molecule has 2 N–H and O–H groups in total. The van der Waals surface area contributed by atoms with Crippen LogP contribution in [0.3, 0.4) is 0 Å². The number of nitrogens with one attached hydrogen (secondary N) is 2. The monoisotopic (exact) mass is 363 g/mol. The molecule has 0 saturated heterocycles. The van der Waals surface area contributed by atoms with Crippen molar-refractivity contribution < 1.29 is 9.59 Å². The molecule has 140 valence electrons. The van der Waals surface area contributed by atoms with Crippen LogP contribution in [0.25, 0.3) is 10.9 Å². The van der Waals surface area contributed by atoms with Crippen LogP contribution in [0.1, 0.15) is 42.7 Å². The standard InChI is InChI=1S/C22H25N3O2/c1-4-5-13-25-20-12-7-6-11-19(20)15(2)21(25)22(27)24-18-10-8-9-17(14-18)23-16(3)26/h6-12,14H,4-5,13H2,1-3H3,(H,23,26)(H,24,27). The lowest BCUT2D eigenvalue weighted by Crippen LogP contribution is -2.18. The van der Waals surface area contributed by atoms with Gasteiger partial charge in [-0.1, -0.05) is 37.6 Å². The molecule has 0 aliphatic rings. The van der Waals surface area contributed by atoms with Crippen LogP contribution in [0.2, 0.25) is 0 Å². The molecule has 3 aromatic rings. The molecule has 2 aromatic carbocycles. The molecule has 1 heterocycles. The summed E-state index contributed by atoms with van der Waals surface area (Å²) >= 11 is 0. The van der Waals surface area contributed by atoms with Crippen molar-refractivity contribution in [2.75, 3.05) is 10.6 Å². The highest BCUT2D eigenvalue weighted by molar-refractivity contribution is 6.08. The van der Waals surface area contributed by atoms with E-state index in [1.807, 2.05) is 25.1 Å². The van der Waals surface area contributed by atoms with E-state index in [1.165, 1.54) is 6.92 Å². The van der Waals surface area contributed by atoms with Gasteiger partial charge < -0.3 is 15.2 Å². The summed E-state index contributed by atoms with van der Waals surface area (Å²) in [5.41, 5.74) is 4.06. The van der Waals surface area contributed by atoms with Crippen LogP contribution in [-0.4, -0.2) is 16.4 Å². The first kappa shape index (κ1) is 18.7. The summed E-state index contributed by atoms with van der Waals surface area (Å²) in [4.78, 5) is 24.4. The maximum Gasteiger partial charge on any atom is 0.272 e. The van der Waals surface area contributed by atoms with Gasteiger partial charge in [-0.05, 0) is 43.2 Å². The first-order valence-corrected chi connectivity index (χ1v) is 9.28. The molecular formula is C22H25N3O2. The fourth-order valence-corrected chi connectivity index (χ4v) is 3.39. The quantitative estimate of drug-likeness (QED) is 0.650. The number of benzene rings is 2. The van der Waals surface area contributed by atoms with Crippen molar-refractivity contribution in [3.8, 4) is 0 Å². The Balaban J connectivity index is 1.96. The van der Waals surface area contributed by atoms with E-state index >= 15 is 0 Å². The topological polar surface area (TPSA) is 63.1 Å². The molecule has 3 rings (SSSR count). The van der Waals surface area contributed by atoms with Gasteiger partial charge in [-0.25, -0.2) is 0 Å². The molecule has 0 fully saturated rings. The van der Waals surface area contributed by atoms with Crippen LogP contribution in [0.5, 0.6) is 0 Å². The second-order valence-corrected chi connectivity index (χ2v) is 6.71. The van der Waals surface area contributed by atoms with Crippen molar-refractivity contribution >= 4 is 34.1 Å². The zero-order chi connectivity index (χ0) is 19.4. The zero-order valence-electron chi connectivity index (χ0n) is 16.0. The van der Waals surface area contributed by atoms with E-state index in [1.54, 1.807) is 18.2 Å². The lowest BCUT2D eigenvalue weighted by atomic mass is 10.1. The molecule has 0 spiro atoms. The Bertz CT molecular complexity index is 988. The molecule has 1 aromatic heterocycles. The van der Waals surface area contributed by atoms with Crippen LogP contribution in [-0.2, 0) is 11.3 Å². The number of aryl methyl sites for hydroxylation is 2. The van der Waals surface area contributed by atoms with E-state index < -0.39 is 0 Å². The Morgan fingerprint density at radius 1 is 1.00 bits per heavy atom. The highest BCUT2D eigenvalue weighted by Gasteiger charge is 2.20. The fourth-order valence-electron chi connectivity index (χ4n) is 3.39. The summed E-state index contributed by atoms with van der Waals surface area (Å²) in [6.45, 7) is 6.40. The molecule has 27 heavy (non-hydrogen) atoms. The zero-order valence-corrected chi connectivity index (χ0v) is 16.0. The van der Waals surface area contributed by atoms with Crippen molar-refractivity contribution in [1.82, 2.24) is 4.57 Å². The molecular weight excluding hydrogens is 338 g/mol. The highest BCUT2D eigenvalue weighted by atomic mass is 16.2. The largest absolute Gasteiger partial charge is 0.336 e. The van der Waals surface area contributed by atoms with Crippen LogP contribution < -0.4 is 10.6 Å². The number of aromatic nitrogens is 1. The van der Waals surface area contributed by atoms with Crippen molar-refractivity contribution in [3.05, 3.63) is 59.8 Å². The van der Waals surface area contributed by atoms with Crippen LogP contribution >= 0.6 is 0 Å². The Labute approximate surface area is 159 Å². The minimum absolute atomic E-state index is 0.139. The Kier molecular flexibility index (Phi) is 5.60. The fraction of sp³-hybridized carbons (Fsp3) is 0.273. The van der Waals surface area contributed by atoms with Gasteiger partial charge in [0.05, 0.1) is 0 Å². The number of amides is 2. The molecule has 0 aliphatic carbocycles. The highest BCUT2D eigenvalue weighted by Crippen LogP contribution is 2.27. The normalized spacial score (nSPS) is 10.8. The average molecular weight is 363 g/mol. The third-order valence-corrected chi connectivity index (χ3v) is 4.62. The van der Waals surface area contributed by atoms with Gasteiger partial charge in [-0.2, -0.15) is 0 Å². The van der Waals surface area contributed by atoms with Gasteiger partial charge in [0.25, 0.3) is 5.91 Å². The van der Waals surface area contributed by atoms with E-state index in [9.17, 15) is 9.59 Å². The summed E-state index contributed by atoms with van der Waals surface area (Å²) in [6.07, 6.45) is 2.07. The number of nitrogens with zero attached hydrogens (tertiary/aromatic N) is 1. The average Bonchev–Trinajstić information content (AvgIpc) is 2.92. The molecule has 0 bridgehead atoms. The van der Waals surface area contributed by atoms with E-state index in [-0.39, 0.29) is 11.8 Å². The summed E-state index contributed by atoms with van der Waals surface area (Å²) < 4.78 is 2.11. The number of carbonyl (C=O) groups excluding carboxylic acids is 2. The molecule has 0 aliphatic heterocycles. The van der Waals surface area contributed by atoms with Crippen molar-refractivity contribution in [3.63, 3.8) is 0 Å². The summed E-state index contributed by atoms with van der Waals surface area (Å²) in [7, 11) is 0. The maximum absolute atomic E-state index is 13.1. The summed E-state index contributed by atoms with van der Waals surface area (Å²) in [5, 5.41) is 6.82. The minimum atomic E-state index is -0.144. The van der Waals surface area contributed by atoms with E-state index in [4.69, 9.17) is 0 Å². The van der Waals surface area contributed by atoms with Crippen molar-refractivity contribution in [2.24, 2.45) is 0 Å². The van der Waals surface area contributed by atoms with Crippen molar-refractivity contribution in [1.29, 1.82) is 0 Å². The second kappa shape index (κ2) is 8.08. The molecule has 0 saturated carbocycles. The Hall–Kier alpha value is -3.08. The van der Waals surface area contributed by atoms with Gasteiger partial charge in [-0.3, -0.25) is 9.59 Å². The second-order valence-electron chi connectivity index (χ2n) is 6.71. The third-order valence-electron chi connectivity index (χ3n) is 4.62. The third kappa shape index (κ3) is 4.03. The Morgan fingerprint density at radius 3 is 2.41 bits per heavy atom. The van der Waals surface area contributed by atoms with Gasteiger partial charge in [0.1, 0.15) is 5.69 Å². The lowest BCUT2D eigenvalue weighted by molar-refractivity contribution is -0.114. The van der Waals surface area contributed by atoms with Gasteiger partial charge in [0.15, 0.2) is 0 Å². The number of unbranched alkanes of at least 4 members (excludes halogenated alkanes) is 1. The minimum Gasteiger partial charge on any atom is -0.336 e. The molecule has 0 unspecified atom stereocenters. The number of carbonyl (C=O) groups is 2. The van der Waals surface area contributed by atoms with Crippen LogP contribution in [0, 0.1) is 6.92 Å². The van der Waals surface area contributed by atoms with E-state index in [0.29, 0.717) is 17.1 Å². The van der Waals surface area contributed by atoms with Gasteiger partial charge in [0.2, 0.25) is 5.91 Å². The van der Waals surface area contributed by atoms with E-state index in [2.05, 4.69) is 34.3 Å². The van der Waals surface area contributed by atoms with Crippen LogP contribution in [0.4, 0.5) is 11.4 Å². The molecule has 0 radical (unpaired) electrons. The first-order chi connectivity index (χ1) is 13.0. The van der Waals surface area contributed by atoms with Gasteiger partial charge >= 0.3 is 0 Å². The Morgan fingerprint density at radius 2 is 1.70 bits per heavy atom. The molecule has 5 heteroatoms. The molecule has 2 amide bonds. The number of hydrogen-bond acceptors (Lipinski definition) is 2. The summed E-state index contributed by atoms with van der Waals surface area (Å²) in [6, 6.07) is 15.3. The number of hydrogen-bond donors (Lipinski definition) is 2. The number of anilines is 2. The predicted molar refractivity (Wildman–Crippen MR) is 110 cm³/mol. The number of rotatable bonds is 6. The van der Waals surface area contributed by atoms with Gasteiger partial charge in [0, 0.05) is 35.7 Å². The summed E-state index contributed by atoms with van der Waals surface area (Å²) in [5.74, 6) is -0.284. The first-order valence-electron chi connectivity index (χ1n) is 9.28. The smallest absolute Gasteiger partial charge is 0.272 e. The molecule has 0 atom stereocenters. The maximum atomic E-state index is 13.1. The SMILES string of the molecule is CCCCn1c(C(=O)Nc2cccc(NC(C)=O)c2)c(C)c2ccccc21. The van der Waals surface area contributed by atoms with Crippen molar-refractivity contribution in [2.45, 2.75) is 40.2 Å². The van der Waals surface area contributed by atoms with Gasteiger partial charge in [-0.15, -0.1) is 0 Å².